The highest BCUT2D eigenvalue weighted by atomic mass is 32.2. The van der Waals surface area contributed by atoms with Gasteiger partial charge in [0.15, 0.2) is 9.84 Å². The van der Waals surface area contributed by atoms with E-state index in [9.17, 15) is 8.42 Å². The highest BCUT2D eigenvalue weighted by Crippen LogP contribution is 2.12. The average Bonchev–Trinajstić information content (AvgIpc) is 2.06. The molecule has 1 aromatic rings. The lowest BCUT2D eigenvalue weighted by molar-refractivity contribution is 0.341. The predicted octanol–water partition coefficient (Wildman–Crippen LogP) is 0.692. The van der Waals surface area contributed by atoms with Crippen molar-refractivity contribution >= 4 is 15.5 Å². The lowest BCUT2D eigenvalue weighted by Crippen LogP contribution is -2.11. The lowest BCUT2D eigenvalue weighted by Gasteiger charge is -2.04. The van der Waals surface area contributed by atoms with Gasteiger partial charge < -0.3 is 10.5 Å². The summed E-state index contributed by atoms with van der Waals surface area (Å²) >= 11 is 0. The van der Waals surface area contributed by atoms with Gasteiger partial charge in [-0.3, -0.25) is 0 Å². The van der Waals surface area contributed by atoms with Crippen molar-refractivity contribution in [2.75, 3.05) is 24.3 Å². The van der Waals surface area contributed by atoms with Crippen molar-refractivity contribution in [1.82, 2.24) is 0 Å². The topological polar surface area (TPSA) is 69.4 Å². The Morgan fingerprint density at radius 1 is 1.29 bits per heavy atom. The lowest BCUT2D eigenvalue weighted by atomic mass is 10.3. The van der Waals surface area contributed by atoms with Crippen LogP contribution in [-0.4, -0.2) is 27.0 Å². The maximum Gasteiger partial charge on any atom is 0.150 e. The Morgan fingerprint density at radius 2 is 1.86 bits per heavy atom. The Kier molecular flexibility index (Phi) is 3.35. The first-order valence-corrected chi connectivity index (χ1v) is 6.19. The molecular weight excluding hydrogens is 202 g/mol. The number of sulfone groups is 1. The van der Waals surface area contributed by atoms with Crippen LogP contribution < -0.4 is 10.5 Å². The molecule has 1 aromatic carbocycles. The van der Waals surface area contributed by atoms with E-state index in [1.54, 1.807) is 24.3 Å². The molecule has 0 bridgehead atoms. The molecule has 0 amide bonds. The van der Waals surface area contributed by atoms with E-state index in [0.29, 0.717) is 11.4 Å². The summed E-state index contributed by atoms with van der Waals surface area (Å²) in [4.78, 5) is 0. The molecule has 14 heavy (non-hydrogen) atoms. The third kappa shape index (κ3) is 4.13. The van der Waals surface area contributed by atoms with Crippen LogP contribution in [0.3, 0.4) is 0 Å². The van der Waals surface area contributed by atoms with Crippen LogP contribution in [0, 0.1) is 0 Å². The summed E-state index contributed by atoms with van der Waals surface area (Å²) in [6.07, 6.45) is 1.18. The Bertz CT molecular complexity index is 383. The quantitative estimate of drug-likeness (QED) is 0.750. The van der Waals surface area contributed by atoms with E-state index >= 15 is 0 Å². The van der Waals surface area contributed by atoms with E-state index in [0.717, 1.165) is 0 Å². The number of ether oxygens (including phenoxy) is 1. The standard InChI is InChI=1S/C9H13NO3S/c1-14(11,12)7-6-13-9-4-2-8(10)3-5-9/h2-5H,6-7,10H2,1H3. The zero-order chi connectivity index (χ0) is 10.6. The van der Waals surface area contributed by atoms with Crippen LogP contribution in [0.4, 0.5) is 5.69 Å². The summed E-state index contributed by atoms with van der Waals surface area (Å²) < 4.78 is 26.8. The normalized spacial score (nSPS) is 11.2. The van der Waals surface area contributed by atoms with Crippen LogP contribution in [0.25, 0.3) is 0 Å². The third-order valence-corrected chi connectivity index (χ3v) is 2.51. The van der Waals surface area contributed by atoms with Gasteiger partial charge in [0.1, 0.15) is 12.4 Å². The van der Waals surface area contributed by atoms with Gasteiger partial charge in [-0.15, -0.1) is 0 Å². The van der Waals surface area contributed by atoms with Gasteiger partial charge in [-0.2, -0.15) is 0 Å². The first-order valence-electron chi connectivity index (χ1n) is 4.13. The molecule has 0 radical (unpaired) electrons. The molecule has 0 fully saturated rings. The molecule has 0 unspecified atom stereocenters. The summed E-state index contributed by atoms with van der Waals surface area (Å²) in [6, 6.07) is 6.82. The summed E-state index contributed by atoms with van der Waals surface area (Å²) in [7, 11) is -2.95. The van der Waals surface area contributed by atoms with E-state index in [2.05, 4.69) is 0 Å². The average molecular weight is 215 g/mol. The molecule has 0 spiro atoms. The molecule has 78 valence electrons. The van der Waals surface area contributed by atoms with Crippen molar-refractivity contribution in [3.05, 3.63) is 24.3 Å². The molecule has 0 heterocycles. The van der Waals surface area contributed by atoms with Crippen LogP contribution in [0.2, 0.25) is 0 Å². The molecule has 0 aliphatic rings. The van der Waals surface area contributed by atoms with Gasteiger partial charge in [0, 0.05) is 11.9 Å². The number of hydrogen-bond acceptors (Lipinski definition) is 4. The van der Waals surface area contributed by atoms with Crippen molar-refractivity contribution in [2.45, 2.75) is 0 Å². The molecule has 0 atom stereocenters. The third-order valence-electron chi connectivity index (χ3n) is 1.60. The number of nitrogens with two attached hydrogens (primary N) is 1. The van der Waals surface area contributed by atoms with Crippen LogP contribution in [0.15, 0.2) is 24.3 Å². The number of rotatable bonds is 4. The smallest absolute Gasteiger partial charge is 0.150 e. The van der Waals surface area contributed by atoms with Gasteiger partial charge in [0.05, 0.1) is 5.75 Å². The van der Waals surface area contributed by atoms with E-state index in [-0.39, 0.29) is 12.4 Å². The van der Waals surface area contributed by atoms with Gasteiger partial charge in [-0.1, -0.05) is 0 Å². The van der Waals surface area contributed by atoms with Crippen LogP contribution >= 0.6 is 0 Å². The molecule has 0 saturated heterocycles. The Balaban J connectivity index is 2.43. The maximum absolute atomic E-state index is 10.8. The van der Waals surface area contributed by atoms with E-state index in [1.165, 1.54) is 6.26 Å². The van der Waals surface area contributed by atoms with Crippen LogP contribution in [-0.2, 0) is 9.84 Å². The second-order valence-corrected chi connectivity index (χ2v) is 5.31. The highest BCUT2D eigenvalue weighted by molar-refractivity contribution is 7.90. The summed E-state index contributed by atoms with van der Waals surface area (Å²) in [5.74, 6) is 0.653. The van der Waals surface area contributed by atoms with Gasteiger partial charge in [-0.25, -0.2) is 8.42 Å². The molecule has 0 aliphatic heterocycles. The van der Waals surface area contributed by atoms with Crippen LogP contribution in [0.1, 0.15) is 0 Å². The Labute approximate surface area is 83.6 Å². The number of benzene rings is 1. The highest BCUT2D eigenvalue weighted by Gasteiger charge is 2.01. The van der Waals surface area contributed by atoms with E-state index in [1.807, 2.05) is 0 Å². The van der Waals surface area contributed by atoms with Crippen molar-refractivity contribution in [3.63, 3.8) is 0 Å². The second kappa shape index (κ2) is 4.32. The van der Waals surface area contributed by atoms with E-state index in [4.69, 9.17) is 10.5 Å². The minimum atomic E-state index is -2.95. The summed E-state index contributed by atoms with van der Waals surface area (Å²) in [5, 5.41) is 0. The minimum Gasteiger partial charge on any atom is -0.493 e. The van der Waals surface area contributed by atoms with E-state index < -0.39 is 9.84 Å². The summed E-state index contributed by atoms with van der Waals surface area (Å²) in [5.41, 5.74) is 6.13. The fourth-order valence-electron chi connectivity index (χ4n) is 0.875. The van der Waals surface area contributed by atoms with Crippen molar-refractivity contribution in [3.8, 4) is 5.75 Å². The number of nitrogen functional groups attached to an aromatic ring is 1. The van der Waals surface area contributed by atoms with Gasteiger partial charge in [0.2, 0.25) is 0 Å². The number of anilines is 1. The van der Waals surface area contributed by atoms with Gasteiger partial charge >= 0.3 is 0 Å². The minimum absolute atomic E-state index is 0.0252. The molecular formula is C9H13NO3S. The fourth-order valence-corrected chi connectivity index (χ4v) is 1.26. The maximum atomic E-state index is 10.8. The summed E-state index contributed by atoms with van der Waals surface area (Å²) in [6.45, 7) is 0.169. The Hall–Kier alpha value is -1.23. The molecule has 0 aromatic heterocycles. The fraction of sp³-hybridized carbons (Fsp3) is 0.333. The van der Waals surface area contributed by atoms with Gasteiger partial charge in [-0.05, 0) is 24.3 Å². The molecule has 0 saturated carbocycles. The molecule has 2 N–H and O–H groups in total. The number of hydrogen-bond donors (Lipinski definition) is 1. The Morgan fingerprint density at radius 3 is 2.36 bits per heavy atom. The first-order chi connectivity index (χ1) is 6.47. The van der Waals surface area contributed by atoms with Crippen molar-refractivity contribution in [2.24, 2.45) is 0 Å². The molecule has 4 nitrogen and oxygen atoms in total. The van der Waals surface area contributed by atoms with Crippen molar-refractivity contribution < 1.29 is 13.2 Å². The largest absolute Gasteiger partial charge is 0.493 e. The SMILES string of the molecule is CS(=O)(=O)CCOc1ccc(N)cc1. The molecule has 1 rings (SSSR count). The van der Waals surface area contributed by atoms with Gasteiger partial charge in [0.25, 0.3) is 0 Å². The van der Waals surface area contributed by atoms with Crippen molar-refractivity contribution in [1.29, 1.82) is 0 Å². The first kappa shape index (κ1) is 10.8. The zero-order valence-electron chi connectivity index (χ0n) is 7.93. The van der Waals surface area contributed by atoms with Crippen LogP contribution in [0.5, 0.6) is 5.75 Å². The second-order valence-electron chi connectivity index (χ2n) is 3.05. The predicted molar refractivity (Wildman–Crippen MR) is 56.1 cm³/mol. The molecule has 0 aliphatic carbocycles. The monoisotopic (exact) mass is 215 g/mol. The zero-order valence-corrected chi connectivity index (χ0v) is 8.75. The molecule has 5 heteroatoms.